The van der Waals surface area contributed by atoms with Crippen LogP contribution in [-0.2, 0) is 14.3 Å². The van der Waals surface area contributed by atoms with Crippen LogP contribution in [0.2, 0.25) is 0 Å². The van der Waals surface area contributed by atoms with Crippen LogP contribution in [0.4, 0.5) is 0 Å². The van der Waals surface area contributed by atoms with E-state index in [-0.39, 0.29) is 17.2 Å². The van der Waals surface area contributed by atoms with E-state index in [2.05, 4.69) is 6.92 Å². The molecule has 1 fully saturated rings. The van der Waals surface area contributed by atoms with E-state index in [4.69, 9.17) is 4.74 Å². The van der Waals surface area contributed by atoms with Crippen LogP contribution in [0, 0.1) is 11.3 Å². The number of hydrogen-bond acceptors (Lipinski definition) is 4. The van der Waals surface area contributed by atoms with Crippen LogP contribution in [0.25, 0.3) is 0 Å². The van der Waals surface area contributed by atoms with E-state index in [1.807, 2.05) is 0 Å². The van der Waals surface area contributed by atoms with Crippen molar-refractivity contribution in [2.75, 3.05) is 7.11 Å². The Balaban J connectivity index is 2.41. The van der Waals surface area contributed by atoms with Crippen molar-refractivity contribution >= 4 is 11.8 Å². The Morgan fingerprint density at radius 3 is 2.72 bits per heavy atom. The van der Waals surface area contributed by atoms with E-state index in [0.29, 0.717) is 18.4 Å². The van der Waals surface area contributed by atoms with Crippen LogP contribution in [0.1, 0.15) is 39.5 Å². The quantitative estimate of drug-likeness (QED) is 0.720. The first-order chi connectivity index (χ1) is 8.40. The Kier molecular flexibility index (Phi) is 3.32. The molecule has 0 saturated heterocycles. The van der Waals surface area contributed by atoms with Crippen LogP contribution < -0.4 is 0 Å². The average Bonchev–Trinajstić information content (AvgIpc) is 2.34. The van der Waals surface area contributed by atoms with Gasteiger partial charge in [-0.3, -0.25) is 9.59 Å². The van der Waals surface area contributed by atoms with Gasteiger partial charge >= 0.3 is 5.97 Å². The van der Waals surface area contributed by atoms with Crippen molar-refractivity contribution in [3.63, 3.8) is 0 Å². The molecule has 0 aromatic heterocycles. The smallest absolute Gasteiger partial charge is 0.311 e. The van der Waals surface area contributed by atoms with Crippen LogP contribution >= 0.6 is 0 Å². The second kappa shape index (κ2) is 4.50. The zero-order valence-electron chi connectivity index (χ0n) is 11.2. The fraction of sp³-hybridized carbons (Fsp3) is 0.714. The molecule has 0 radical (unpaired) electrons. The molecular formula is C14H20O4. The number of carbonyl (C=O) groups excluding carboxylic acids is 2. The monoisotopic (exact) mass is 252 g/mol. The first kappa shape index (κ1) is 13.3. The van der Waals surface area contributed by atoms with E-state index < -0.39 is 12.0 Å². The van der Waals surface area contributed by atoms with Gasteiger partial charge in [0.05, 0.1) is 19.1 Å². The van der Waals surface area contributed by atoms with E-state index in [0.717, 1.165) is 18.4 Å². The number of esters is 1. The van der Waals surface area contributed by atoms with Gasteiger partial charge in [0, 0.05) is 6.42 Å². The lowest BCUT2D eigenvalue weighted by Gasteiger charge is -2.45. The van der Waals surface area contributed by atoms with Crippen LogP contribution in [-0.4, -0.2) is 30.1 Å². The number of fused-ring (bicyclic) bond motifs is 1. The van der Waals surface area contributed by atoms with E-state index >= 15 is 0 Å². The van der Waals surface area contributed by atoms with Gasteiger partial charge in [0.1, 0.15) is 0 Å². The molecule has 0 bridgehead atoms. The second-order valence-corrected chi connectivity index (χ2v) is 5.64. The van der Waals surface area contributed by atoms with Gasteiger partial charge in [-0.1, -0.05) is 6.92 Å². The highest BCUT2D eigenvalue weighted by Gasteiger charge is 2.47. The Bertz CT molecular complexity index is 424. The number of ether oxygens (including phenoxy) is 1. The first-order valence-electron chi connectivity index (χ1n) is 6.41. The molecule has 18 heavy (non-hydrogen) atoms. The normalized spacial score (nSPS) is 36.3. The van der Waals surface area contributed by atoms with Gasteiger partial charge in [0.2, 0.25) is 0 Å². The predicted octanol–water partition coefficient (Wildman–Crippen LogP) is 1.62. The molecule has 2 aliphatic carbocycles. The number of hydrogen-bond donors (Lipinski definition) is 1. The Hall–Kier alpha value is -1.16. The van der Waals surface area contributed by atoms with Gasteiger partial charge in [0.25, 0.3) is 0 Å². The van der Waals surface area contributed by atoms with Crippen molar-refractivity contribution in [2.24, 2.45) is 11.3 Å². The standard InChI is InChI=1S/C14H20O4/c1-8-10(15)5-7-14(2)6-4-9(13(17)18-3)12(16)11(8)14/h9,12,16H,4-7H2,1-3H3/t9-,12-,14+/m1/s1. The summed E-state index contributed by atoms with van der Waals surface area (Å²) in [5.74, 6) is -0.825. The third-order valence-electron chi connectivity index (χ3n) is 4.56. The summed E-state index contributed by atoms with van der Waals surface area (Å²) in [7, 11) is 1.33. The minimum Gasteiger partial charge on any atom is -0.469 e. The Morgan fingerprint density at radius 1 is 1.44 bits per heavy atom. The SMILES string of the molecule is COC(=O)[C@@H]1CC[C@@]2(C)CCC(=O)C(C)=C2[C@@H]1O. The minimum absolute atomic E-state index is 0.0899. The lowest BCUT2D eigenvalue weighted by atomic mass is 9.60. The van der Waals surface area contributed by atoms with Crippen molar-refractivity contribution in [1.29, 1.82) is 0 Å². The first-order valence-corrected chi connectivity index (χ1v) is 6.41. The maximum absolute atomic E-state index is 11.8. The number of methoxy groups -OCH3 is 1. The summed E-state index contributed by atoms with van der Waals surface area (Å²) in [6, 6.07) is 0. The molecule has 0 spiro atoms. The van der Waals surface area contributed by atoms with E-state index in [9.17, 15) is 14.7 Å². The van der Waals surface area contributed by atoms with Gasteiger partial charge < -0.3 is 9.84 Å². The van der Waals surface area contributed by atoms with Gasteiger partial charge in [-0.05, 0) is 42.7 Å². The van der Waals surface area contributed by atoms with Crippen LogP contribution in [0.15, 0.2) is 11.1 Å². The molecule has 0 heterocycles. The summed E-state index contributed by atoms with van der Waals surface area (Å²) >= 11 is 0. The van der Waals surface area contributed by atoms with Crippen LogP contribution in [0.3, 0.4) is 0 Å². The molecule has 0 unspecified atom stereocenters. The molecule has 1 N–H and O–H groups in total. The largest absolute Gasteiger partial charge is 0.469 e. The number of allylic oxidation sites excluding steroid dienone is 1. The summed E-state index contributed by atoms with van der Waals surface area (Å²) in [5.41, 5.74) is 1.27. The summed E-state index contributed by atoms with van der Waals surface area (Å²) in [5, 5.41) is 10.4. The molecule has 2 aliphatic rings. The number of carbonyl (C=O) groups is 2. The molecule has 4 heteroatoms. The average molecular weight is 252 g/mol. The lowest BCUT2D eigenvalue weighted by Crippen LogP contribution is -2.45. The Morgan fingerprint density at radius 2 is 2.11 bits per heavy atom. The molecule has 1 saturated carbocycles. The molecule has 0 amide bonds. The summed E-state index contributed by atoms with van der Waals surface area (Å²) < 4.78 is 4.73. The van der Waals surface area contributed by atoms with Gasteiger partial charge in [-0.25, -0.2) is 0 Å². The highest BCUT2D eigenvalue weighted by Crippen LogP contribution is 2.50. The van der Waals surface area contributed by atoms with E-state index in [1.54, 1.807) is 6.92 Å². The van der Waals surface area contributed by atoms with Crippen molar-refractivity contribution in [2.45, 2.75) is 45.6 Å². The Labute approximate surface area is 107 Å². The fourth-order valence-electron chi connectivity index (χ4n) is 3.38. The zero-order valence-corrected chi connectivity index (χ0v) is 11.2. The molecule has 2 rings (SSSR count). The lowest BCUT2D eigenvalue weighted by molar-refractivity contribution is -0.151. The van der Waals surface area contributed by atoms with Crippen molar-refractivity contribution in [1.82, 2.24) is 0 Å². The third-order valence-corrected chi connectivity index (χ3v) is 4.56. The number of aliphatic hydroxyl groups excluding tert-OH is 1. The summed E-state index contributed by atoms with van der Waals surface area (Å²) in [4.78, 5) is 23.5. The van der Waals surface area contributed by atoms with E-state index in [1.165, 1.54) is 7.11 Å². The fourth-order valence-corrected chi connectivity index (χ4v) is 3.38. The third kappa shape index (κ3) is 1.88. The molecular weight excluding hydrogens is 232 g/mol. The van der Waals surface area contributed by atoms with Crippen LogP contribution in [0.5, 0.6) is 0 Å². The van der Waals surface area contributed by atoms with Crippen molar-refractivity contribution < 1.29 is 19.4 Å². The minimum atomic E-state index is -0.875. The molecule has 100 valence electrons. The summed E-state index contributed by atoms with van der Waals surface area (Å²) in [6.45, 7) is 3.84. The number of rotatable bonds is 1. The molecule has 0 aromatic carbocycles. The molecule has 0 aromatic rings. The van der Waals surface area contributed by atoms with Crippen molar-refractivity contribution in [3.8, 4) is 0 Å². The maximum Gasteiger partial charge on any atom is 0.311 e. The van der Waals surface area contributed by atoms with Crippen molar-refractivity contribution in [3.05, 3.63) is 11.1 Å². The summed E-state index contributed by atoms with van der Waals surface area (Å²) in [6.07, 6.45) is 1.88. The highest BCUT2D eigenvalue weighted by atomic mass is 16.5. The molecule has 4 nitrogen and oxygen atoms in total. The van der Waals surface area contributed by atoms with Gasteiger partial charge in [-0.15, -0.1) is 0 Å². The maximum atomic E-state index is 11.8. The second-order valence-electron chi connectivity index (χ2n) is 5.64. The number of Topliss-reactive ketones (excluding diaryl/α,β-unsaturated/α-hetero) is 1. The topological polar surface area (TPSA) is 63.6 Å². The number of aliphatic hydroxyl groups is 1. The zero-order chi connectivity index (χ0) is 13.5. The molecule has 3 atom stereocenters. The highest BCUT2D eigenvalue weighted by molar-refractivity contribution is 5.97. The predicted molar refractivity (Wildman–Crippen MR) is 65.8 cm³/mol. The molecule has 0 aliphatic heterocycles. The van der Waals surface area contributed by atoms with Gasteiger partial charge in [-0.2, -0.15) is 0 Å². The van der Waals surface area contributed by atoms with Gasteiger partial charge in [0.15, 0.2) is 5.78 Å². The number of ketones is 1.